The van der Waals surface area contributed by atoms with Crippen LogP contribution in [-0.2, 0) is 0 Å². The molecule has 0 radical (unpaired) electrons. The first-order chi connectivity index (χ1) is 6.97. The Kier molecular flexibility index (Phi) is 4.86. The summed E-state index contributed by atoms with van der Waals surface area (Å²) in [6.45, 7) is 3.28. The predicted molar refractivity (Wildman–Crippen MR) is 53.8 cm³/mol. The quantitative estimate of drug-likeness (QED) is 0.747. The van der Waals surface area contributed by atoms with Crippen molar-refractivity contribution >= 4 is 0 Å². The Morgan fingerprint density at radius 1 is 1.47 bits per heavy atom. The van der Waals surface area contributed by atoms with Crippen LogP contribution in [0.15, 0.2) is 0 Å². The standard InChI is InChI=1S/C10H19F3N2/c1-8(7-10(11,12)13)14-6-4-9-3-2-5-15-9/h8-9,14-15H,2-7H2,1H3. The van der Waals surface area contributed by atoms with Crippen molar-refractivity contribution in [1.82, 2.24) is 10.6 Å². The minimum absolute atomic E-state index is 0.480. The Morgan fingerprint density at radius 3 is 2.73 bits per heavy atom. The van der Waals surface area contributed by atoms with Crippen LogP contribution >= 0.6 is 0 Å². The van der Waals surface area contributed by atoms with E-state index in [0.29, 0.717) is 12.6 Å². The summed E-state index contributed by atoms with van der Waals surface area (Å²) in [6, 6.07) is 0.0157. The fourth-order valence-electron chi connectivity index (χ4n) is 1.93. The van der Waals surface area contributed by atoms with Gasteiger partial charge >= 0.3 is 6.18 Å². The molecule has 1 heterocycles. The van der Waals surface area contributed by atoms with Crippen molar-refractivity contribution in [3.63, 3.8) is 0 Å². The van der Waals surface area contributed by atoms with Crippen LogP contribution in [0.3, 0.4) is 0 Å². The van der Waals surface area contributed by atoms with Gasteiger partial charge in [0.25, 0.3) is 0 Å². The third kappa shape index (κ3) is 5.99. The van der Waals surface area contributed by atoms with Crippen molar-refractivity contribution in [2.24, 2.45) is 0 Å². The molecule has 1 aliphatic heterocycles. The average molecular weight is 224 g/mol. The van der Waals surface area contributed by atoms with Gasteiger partial charge in [0, 0.05) is 12.1 Å². The summed E-state index contributed by atoms with van der Waals surface area (Å²) in [5.74, 6) is 0. The van der Waals surface area contributed by atoms with E-state index in [4.69, 9.17) is 0 Å². The first-order valence-electron chi connectivity index (χ1n) is 5.51. The highest BCUT2D eigenvalue weighted by Crippen LogP contribution is 2.21. The highest BCUT2D eigenvalue weighted by Gasteiger charge is 2.29. The van der Waals surface area contributed by atoms with E-state index in [1.54, 1.807) is 6.92 Å². The Morgan fingerprint density at radius 2 is 2.20 bits per heavy atom. The smallest absolute Gasteiger partial charge is 0.314 e. The monoisotopic (exact) mass is 224 g/mol. The van der Waals surface area contributed by atoms with Crippen LogP contribution in [0.2, 0.25) is 0 Å². The minimum Gasteiger partial charge on any atom is -0.314 e. The fourth-order valence-corrected chi connectivity index (χ4v) is 1.93. The van der Waals surface area contributed by atoms with Crippen LogP contribution in [-0.4, -0.2) is 31.3 Å². The van der Waals surface area contributed by atoms with E-state index in [0.717, 1.165) is 19.4 Å². The first kappa shape index (κ1) is 12.8. The van der Waals surface area contributed by atoms with Gasteiger partial charge in [-0.1, -0.05) is 0 Å². The maximum Gasteiger partial charge on any atom is 0.390 e. The fraction of sp³-hybridized carbons (Fsp3) is 1.00. The molecule has 90 valence electrons. The Labute approximate surface area is 88.6 Å². The molecule has 0 bridgehead atoms. The van der Waals surface area contributed by atoms with Gasteiger partial charge in [-0.05, 0) is 39.3 Å². The lowest BCUT2D eigenvalue weighted by molar-refractivity contribution is -0.139. The van der Waals surface area contributed by atoms with Crippen molar-refractivity contribution in [2.75, 3.05) is 13.1 Å². The zero-order valence-corrected chi connectivity index (χ0v) is 9.03. The second-order valence-corrected chi connectivity index (χ2v) is 4.26. The van der Waals surface area contributed by atoms with Crippen LogP contribution in [0.5, 0.6) is 0 Å². The van der Waals surface area contributed by atoms with Crippen molar-refractivity contribution in [3.05, 3.63) is 0 Å². The summed E-state index contributed by atoms with van der Waals surface area (Å²) in [5.41, 5.74) is 0. The molecule has 15 heavy (non-hydrogen) atoms. The Hall–Kier alpha value is -0.290. The summed E-state index contributed by atoms with van der Waals surface area (Å²) in [5, 5.41) is 6.22. The molecule has 2 N–H and O–H groups in total. The van der Waals surface area contributed by atoms with Gasteiger partial charge in [-0.3, -0.25) is 0 Å². The van der Waals surface area contributed by atoms with Crippen molar-refractivity contribution in [1.29, 1.82) is 0 Å². The average Bonchev–Trinajstić information content (AvgIpc) is 2.53. The second kappa shape index (κ2) is 5.70. The Bertz CT molecular complexity index is 176. The largest absolute Gasteiger partial charge is 0.390 e. The molecular weight excluding hydrogens is 205 g/mol. The van der Waals surface area contributed by atoms with Gasteiger partial charge in [0.2, 0.25) is 0 Å². The molecule has 0 spiro atoms. The zero-order valence-electron chi connectivity index (χ0n) is 9.03. The van der Waals surface area contributed by atoms with Gasteiger partial charge in [0.15, 0.2) is 0 Å². The van der Waals surface area contributed by atoms with E-state index in [1.807, 2.05) is 0 Å². The molecule has 1 fully saturated rings. The van der Waals surface area contributed by atoms with Crippen molar-refractivity contribution < 1.29 is 13.2 Å². The van der Waals surface area contributed by atoms with E-state index in [-0.39, 0.29) is 0 Å². The van der Waals surface area contributed by atoms with Gasteiger partial charge < -0.3 is 10.6 Å². The molecule has 2 unspecified atom stereocenters. The minimum atomic E-state index is -4.06. The van der Waals surface area contributed by atoms with Crippen LogP contribution in [0, 0.1) is 0 Å². The molecule has 0 amide bonds. The molecule has 0 aromatic rings. The van der Waals surface area contributed by atoms with Gasteiger partial charge in [-0.25, -0.2) is 0 Å². The van der Waals surface area contributed by atoms with Crippen LogP contribution in [0.4, 0.5) is 13.2 Å². The number of rotatable bonds is 5. The molecule has 0 aromatic carbocycles. The topological polar surface area (TPSA) is 24.1 Å². The van der Waals surface area contributed by atoms with Gasteiger partial charge in [-0.15, -0.1) is 0 Å². The normalized spacial score (nSPS) is 24.4. The summed E-state index contributed by atoms with van der Waals surface area (Å²) in [7, 11) is 0. The lowest BCUT2D eigenvalue weighted by Crippen LogP contribution is -2.34. The van der Waals surface area contributed by atoms with E-state index in [1.165, 1.54) is 6.42 Å². The maximum atomic E-state index is 12.0. The summed E-state index contributed by atoms with van der Waals surface area (Å²) < 4.78 is 35.9. The predicted octanol–water partition coefficient (Wildman–Crippen LogP) is 2.06. The number of nitrogens with one attached hydrogen (secondary N) is 2. The van der Waals surface area contributed by atoms with Crippen molar-refractivity contribution in [3.8, 4) is 0 Å². The van der Waals surface area contributed by atoms with Crippen LogP contribution < -0.4 is 10.6 Å². The molecule has 1 aliphatic rings. The van der Waals surface area contributed by atoms with E-state index in [9.17, 15) is 13.2 Å². The highest BCUT2D eigenvalue weighted by atomic mass is 19.4. The molecule has 2 nitrogen and oxygen atoms in total. The van der Waals surface area contributed by atoms with Crippen LogP contribution in [0.25, 0.3) is 0 Å². The van der Waals surface area contributed by atoms with Crippen LogP contribution in [0.1, 0.15) is 32.6 Å². The Balaban J connectivity index is 2.03. The molecular formula is C10H19F3N2. The maximum absolute atomic E-state index is 12.0. The number of halogens is 3. The van der Waals surface area contributed by atoms with Crippen molar-refractivity contribution in [2.45, 2.75) is 50.9 Å². The lowest BCUT2D eigenvalue weighted by atomic mass is 10.1. The molecule has 0 saturated carbocycles. The molecule has 1 rings (SSSR count). The van der Waals surface area contributed by atoms with Gasteiger partial charge in [0.1, 0.15) is 0 Å². The summed E-state index contributed by atoms with van der Waals surface area (Å²) >= 11 is 0. The van der Waals surface area contributed by atoms with Gasteiger partial charge in [0.05, 0.1) is 6.42 Å². The lowest BCUT2D eigenvalue weighted by Gasteiger charge is -2.17. The summed E-state index contributed by atoms with van der Waals surface area (Å²) in [4.78, 5) is 0. The second-order valence-electron chi connectivity index (χ2n) is 4.26. The SMILES string of the molecule is CC(CC(F)(F)F)NCCC1CCCN1. The molecule has 5 heteroatoms. The summed E-state index contributed by atoms with van der Waals surface area (Å²) in [6.07, 6.45) is -1.55. The van der Waals surface area contributed by atoms with E-state index >= 15 is 0 Å². The molecule has 1 saturated heterocycles. The number of hydrogen-bond donors (Lipinski definition) is 2. The number of alkyl halides is 3. The van der Waals surface area contributed by atoms with E-state index in [2.05, 4.69) is 10.6 Å². The van der Waals surface area contributed by atoms with E-state index < -0.39 is 18.6 Å². The van der Waals surface area contributed by atoms with Gasteiger partial charge in [-0.2, -0.15) is 13.2 Å². The first-order valence-corrected chi connectivity index (χ1v) is 5.51. The third-order valence-corrected chi connectivity index (χ3v) is 2.69. The zero-order chi connectivity index (χ0) is 11.3. The third-order valence-electron chi connectivity index (χ3n) is 2.69. The number of hydrogen-bond acceptors (Lipinski definition) is 2. The highest BCUT2D eigenvalue weighted by molar-refractivity contribution is 4.75. The molecule has 2 atom stereocenters. The molecule has 0 aromatic heterocycles. The molecule has 0 aliphatic carbocycles.